The third-order valence-corrected chi connectivity index (χ3v) is 10.7. The van der Waals surface area contributed by atoms with Gasteiger partial charge in [0, 0.05) is 36.1 Å². The summed E-state index contributed by atoms with van der Waals surface area (Å²) in [5.74, 6) is 0. The van der Waals surface area contributed by atoms with Gasteiger partial charge < -0.3 is 0 Å². The smallest absolute Gasteiger partial charge is 0.0449 e. The average Bonchev–Trinajstić information content (AvgIpc) is 2.87. The first kappa shape index (κ1) is 22.8. The average molecular weight is 457 g/mol. The van der Waals surface area contributed by atoms with Crippen LogP contribution in [-0.2, 0) is 12.3 Å². The number of aromatic nitrogens is 2. The maximum atomic E-state index is 4.60. The molecule has 0 radical (unpaired) electrons. The molecule has 2 nitrogen and oxygen atoms in total. The molecule has 0 fully saturated rings. The lowest BCUT2D eigenvalue weighted by Gasteiger charge is -2.20. The lowest BCUT2D eigenvalue weighted by atomic mass is 10.4. The van der Waals surface area contributed by atoms with E-state index in [1.807, 2.05) is 24.5 Å². The number of hydrogen-bond acceptors (Lipinski definition) is 2. The topological polar surface area (TPSA) is 25.8 Å². The number of nitrogens with zero attached hydrogens (tertiary/aromatic N) is 2. The fourth-order valence-corrected chi connectivity index (χ4v) is 8.61. The Morgan fingerprint density at radius 3 is 1.25 bits per heavy atom. The number of pyridine rings is 2. The Morgan fingerprint density at radius 1 is 0.469 bits per heavy atom. The zero-order chi connectivity index (χ0) is 21.8. The maximum absolute atomic E-state index is 4.60. The minimum atomic E-state index is -0.233. The van der Waals surface area contributed by atoms with Gasteiger partial charge in [-0.2, -0.15) is 0 Å². The second-order valence-electron chi connectivity index (χ2n) is 7.86. The molecule has 2 aromatic heterocycles. The lowest BCUT2D eigenvalue weighted by molar-refractivity contribution is 0.895. The molecule has 0 bridgehead atoms. The Hall–Kier alpha value is -2.40. The third-order valence-electron chi connectivity index (χ3n) is 5.51. The van der Waals surface area contributed by atoms with E-state index in [0.29, 0.717) is 0 Å². The Balaban J connectivity index is 1.38. The highest BCUT2D eigenvalue weighted by atomic mass is 31.1. The Morgan fingerprint density at radius 2 is 0.875 bits per heavy atom. The van der Waals surface area contributed by atoms with E-state index in [2.05, 4.69) is 94.9 Å². The Labute approximate surface area is 194 Å². The van der Waals surface area contributed by atoms with Gasteiger partial charge in [0.25, 0.3) is 0 Å². The van der Waals surface area contributed by atoms with Gasteiger partial charge in [0.1, 0.15) is 0 Å². The second kappa shape index (κ2) is 12.6. The van der Waals surface area contributed by atoms with Gasteiger partial charge in [-0.3, -0.25) is 9.97 Å². The standard InChI is InChI=1S/C28H30N2P2/c1-3-15-27(16-4-1)31(23-25-13-7-9-19-29-25)21-11-12-22-32(28-17-5-2-6-18-28)24-26-14-8-10-20-30-26/h1-10,13-20H,11-12,21-24H2. The van der Waals surface area contributed by atoms with Crippen LogP contribution < -0.4 is 10.6 Å². The number of hydrogen-bond donors (Lipinski definition) is 0. The molecule has 162 valence electrons. The van der Waals surface area contributed by atoms with Crippen LogP contribution >= 0.6 is 15.8 Å². The lowest BCUT2D eigenvalue weighted by Crippen LogP contribution is -2.08. The minimum Gasteiger partial charge on any atom is -0.261 e. The van der Waals surface area contributed by atoms with Gasteiger partial charge >= 0.3 is 0 Å². The number of unbranched alkanes of at least 4 members (excludes halogenated alkanes) is 1. The van der Waals surface area contributed by atoms with Crippen molar-refractivity contribution in [3.8, 4) is 0 Å². The van der Waals surface area contributed by atoms with Crippen molar-refractivity contribution in [3.63, 3.8) is 0 Å². The molecule has 0 spiro atoms. The van der Waals surface area contributed by atoms with E-state index < -0.39 is 0 Å². The molecule has 0 aliphatic carbocycles. The van der Waals surface area contributed by atoms with E-state index in [1.165, 1.54) is 47.2 Å². The first-order valence-corrected chi connectivity index (χ1v) is 14.7. The molecule has 0 saturated heterocycles. The van der Waals surface area contributed by atoms with E-state index >= 15 is 0 Å². The largest absolute Gasteiger partial charge is 0.261 e. The molecule has 2 heterocycles. The van der Waals surface area contributed by atoms with Crippen LogP contribution in [0.25, 0.3) is 0 Å². The normalized spacial score (nSPS) is 12.9. The van der Waals surface area contributed by atoms with E-state index in [4.69, 9.17) is 0 Å². The fourth-order valence-electron chi connectivity index (χ4n) is 3.86. The summed E-state index contributed by atoms with van der Waals surface area (Å²) in [4.78, 5) is 9.20. The van der Waals surface area contributed by atoms with Gasteiger partial charge in [-0.25, -0.2) is 0 Å². The molecule has 0 amide bonds. The van der Waals surface area contributed by atoms with Crippen molar-refractivity contribution < 1.29 is 0 Å². The summed E-state index contributed by atoms with van der Waals surface area (Å²) in [7, 11) is -0.466. The highest BCUT2D eigenvalue weighted by molar-refractivity contribution is 7.65. The van der Waals surface area contributed by atoms with Crippen molar-refractivity contribution in [3.05, 3.63) is 121 Å². The van der Waals surface area contributed by atoms with Crippen molar-refractivity contribution in [1.29, 1.82) is 0 Å². The van der Waals surface area contributed by atoms with Gasteiger partial charge in [0.05, 0.1) is 0 Å². The van der Waals surface area contributed by atoms with Gasteiger partial charge in [-0.1, -0.05) is 88.6 Å². The Kier molecular flexibility index (Phi) is 8.96. The minimum absolute atomic E-state index is 0.233. The van der Waals surface area contributed by atoms with Crippen LogP contribution in [0, 0.1) is 0 Å². The molecular formula is C28H30N2P2. The second-order valence-corrected chi connectivity index (χ2v) is 12.6. The maximum Gasteiger partial charge on any atom is 0.0449 e. The van der Waals surface area contributed by atoms with Crippen LogP contribution in [0.2, 0.25) is 0 Å². The fraction of sp³-hybridized carbons (Fsp3) is 0.214. The molecular weight excluding hydrogens is 426 g/mol. The van der Waals surface area contributed by atoms with Crippen LogP contribution in [-0.4, -0.2) is 22.3 Å². The summed E-state index contributed by atoms with van der Waals surface area (Å²) in [6.45, 7) is 0. The highest BCUT2D eigenvalue weighted by Gasteiger charge is 2.15. The predicted octanol–water partition coefficient (Wildman–Crippen LogP) is 6.57. The van der Waals surface area contributed by atoms with Crippen LogP contribution in [0.4, 0.5) is 0 Å². The van der Waals surface area contributed by atoms with Crippen LogP contribution in [0.5, 0.6) is 0 Å². The summed E-state index contributed by atoms with van der Waals surface area (Å²) >= 11 is 0. The van der Waals surface area contributed by atoms with Gasteiger partial charge in [-0.05, 0) is 60.0 Å². The quantitative estimate of drug-likeness (QED) is 0.188. The molecule has 2 aromatic carbocycles. The third kappa shape index (κ3) is 7.06. The summed E-state index contributed by atoms with van der Waals surface area (Å²) in [6, 6.07) is 34.6. The van der Waals surface area contributed by atoms with E-state index in [9.17, 15) is 0 Å². The predicted molar refractivity (Wildman–Crippen MR) is 141 cm³/mol. The number of rotatable bonds is 11. The van der Waals surface area contributed by atoms with Gasteiger partial charge in [-0.15, -0.1) is 0 Å². The van der Waals surface area contributed by atoms with Crippen molar-refractivity contribution in [2.75, 3.05) is 12.3 Å². The van der Waals surface area contributed by atoms with E-state index in [-0.39, 0.29) is 15.8 Å². The van der Waals surface area contributed by atoms with E-state index in [0.717, 1.165) is 12.3 Å². The first-order valence-electron chi connectivity index (χ1n) is 11.3. The first-order chi connectivity index (χ1) is 15.9. The molecule has 0 aliphatic heterocycles. The zero-order valence-corrected chi connectivity index (χ0v) is 20.2. The molecule has 4 rings (SSSR count). The molecule has 0 saturated carbocycles. The number of benzene rings is 2. The molecule has 2 unspecified atom stereocenters. The molecule has 0 N–H and O–H groups in total. The molecule has 32 heavy (non-hydrogen) atoms. The van der Waals surface area contributed by atoms with Crippen molar-refractivity contribution in [2.45, 2.75) is 25.2 Å². The monoisotopic (exact) mass is 456 g/mol. The summed E-state index contributed by atoms with van der Waals surface area (Å²) < 4.78 is 0. The molecule has 4 aromatic rings. The Bertz CT molecular complexity index is 941. The molecule has 0 aliphatic rings. The van der Waals surface area contributed by atoms with Crippen molar-refractivity contribution in [1.82, 2.24) is 9.97 Å². The summed E-state index contributed by atoms with van der Waals surface area (Å²) in [5, 5.41) is 2.99. The SMILES string of the molecule is c1ccc(P(CCCCP(Cc2ccccn2)c2ccccc2)Cc2ccccn2)cc1. The van der Waals surface area contributed by atoms with E-state index in [1.54, 1.807) is 0 Å². The van der Waals surface area contributed by atoms with Crippen LogP contribution in [0.3, 0.4) is 0 Å². The summed E-state index contributed by atoms with van der Waals surface area (Å²) in [5.41, 5.74) is 2.42. The zero-order valence-electron chi connectivity index (χ0n) is 18.4. The molecule has 4 heteroatoms. The van der Waals surface area contributed by atoms with Gasteiger partial charge in [0.2, 0.25) is 0 Å². The van der Waals surface area contributed by atoms with Crippen molar-refractivity contribution >= 4 is 26.5 Å². The summed E-state index contributed by atoms with van der Waals surface area (Å²) in [6.07, 6.45) is 11.0. The van der Waals surface area contributed by atoms with Crippen LogP contribution in [0.1, 0.15) is 24.2 Å². The highest BCUT2D eigenvalue weighted by Crippen LogP contribution is 2.42. The van der Waals surface area contributed by atoms with Crippen LogP contribution in [0.15, 0.2) is 109 Å². The van der Waals surface area contributed by atoms with Crippen molar-refractivity contribution in [2.24, 2.45) is 0 Å². The molecule has 2 atom stereocenters. The van der Waals surface area contributed by atoms with Gasteiger partial charge in [0.15, 0.2) is 0 Å².